The van der Waals surface area contributed by atoms with Crippen molar-refractivity contribution in [2.24, 2.45) is 0 Å². The van der Waals surface area contributed by atoms with Crippen molar-refractivity contribution in [1.82, 2.24) is 0 Å². The van der Waals surface area contributed by atoms with Crippen molar-refractivity contribution in [3.8, 4) is 0 Å². The van der Waals surface area contributed by atoms with E-state index >= 15 is 0 Å². The smallest absolute Gasteiger partial charge is 0.310 e. The SMILES string of the molecule is CS(=O)(=O)N1CCc2cc(C(=O)COC(=O)Cc3ccc(F)cc3)ccc21. The second-order valence-corrected chi connectivity index (χ2v) is 8.22. The Hall–Kier alpha value is -2.74. The molecule has 2 aromatic carbocycles. The van der Waals surface area contributed by atoms with E-state index in [4.69, 9.17) is 4.74 Å². The maximum Gasteiger partial charge on any atom is 0.310 e. The molecule has 8 heteroatoms. The van der Waals surface area contributed by atoms with Crippen LogP contribution in [0.1, 0.15) is 21.5 Å². The van der Waals surface area contributed by atoms with Gasteiger partial charge in [0.25, 0.3) is 0 Å². The zero-order valence-corrected chi connectivity index (χ0v) is 15.5. The summed E-state index contributed by atoms with van der Waals surface area (Å²) in [5.74, 6) is -1.35. The van der Waals surface area contributed by atoms with Crippen LogP contribution >= 0.6 is 0 Å². The van der Waals surface area contributed by atoms with Crippen LogP contribution in [0.2, 0.25) is 0 Å². The Morgan fingerprint density at radius 3 is 2.52 bits per heavy atom. The number of nitrogens with zero attached hydrogens (tertiary/aromatic N) is 1. The van der Waals surface area contributed by atoms with E-state index in [0.717, 1.165) is 11.8 Å². The second-order valence-electron chi connectivity index (χ2n) is 6.32. The lowest BCUT2D eigenvalue weighted by Gasteiger charge is -2.16. The number of carbonyl (C=O) groups excluding carboxylic acids is 2. The third-order valence-electron chi connectivity index (χ3n) is 4.28. The summed E-state index contributed by atoms with van der Waals surface area (Å²) in [6.07, 6.45) is 1.61. The molecule has 0 aromatic heterocycles. The highest BCUT2D eigenvalue weighted by Gasteiger charge is 2.26. The maximum absolute atomic E-state index is 12.9. The van der Waals surface area contributed by atoms with E-state index in [0.29, 0.717) is 29.8 Å². The fraction of sp³-hybridized carbons (Fsp3) is 0.263. The Balaban J connectivity index is 1.60. The number of fused-ring (bicyclic) bond motifs is 1. The zero-order valence-electron chi connectivity index (χ0n) is 14.6. The van der Waals surface area contributed by atoms with E-state index < -0.39 is 28.4 Å². The lowest BCUT2D eigenvalue weighted by atomic mass is 10.1. The molecular formula is C19H18FNO5S. The molecule has 1 aliphatic heterocycles. The topological polar surface area (TPSA) is 80.8 Å². The van der Waals surface area contributed by atoms with E-state index in [1.54, 1.807) is 12.1 Å². The van der Waals surface area contributed by atoms with Gasteiger partial charge in [-0.15, -0.1) is 0 Å². The maximum atomic E-state index is 12.9. The molecule has 0 atom stereocenters. The van der Waals surface area contributed by atoms with Crippen LogP contribution in [0, 0.1) is 5.82 Å². The van der Waals surface area contributed by atoms with Crippen molar-refractivity contribution in [2.45, 2.75) is 12.8 Å². The molecule has 0 N–H and O–H groups in total. The van der Waals surface area contributed by atoms with Crippen LogP contribution in [0.15, 0.2) is 42.5 Å². The molecule has 0 aliphatic carbocycles. The van der Waals surface area contributed by atoms with Crippen LogP contribution in [0.5, 0.6) is 0 Å². The summed E-state index contributed by atoms with van der Waals surface area (Å²) in [6, 6.07) is 10.2. The summed E-state index contributed by atoms with van der Waals surface area (Å²) >= 11 is 0. The normalized spacial score (nSPS) is 13.3. The fourth-order valence-electron chi connectivity index (χ4n) is 2.94. The van der Waals surface area contributed by atoms with Gasteiger partial charge in [0.2, 0.25) is 10.0 Å². The van der Waals surface area contributed by atoms with Crippen LogP contribution in [0.25, 0.3) is 0 Å². The van der Waals surface area contributed by atoms with Crippen molar-refractivity contribution >= 4 is 27.5 Å². The van der Waals surface area contributed by atoms with Crippen molar-refractivity contribution in [3.05, 3.63) is 65.0 Å². The molecule has 1 aliphatic rings. The number of esters is 1. The van der Waals surface area contributed by atoms with Crippen molar-refractivity contribution < 1.29 is 27.1 Å². The zero-order chi connectivity index (χ0) is 19.6. The minimum Gasteiger partial charge on any atom is -0.457 e. The molecule has 0 radical (unpaired) electrons. The van der Waals surface area contributed by atoms with Gasteiger partial charge in [-0.3, -0.25) is 13.9 Å². The second kappa shape index (κ2) is 7.48. The number of sulfonamides is 1. The van der Waals surface area contributed by atoms with Gasteiger partial charge in [0.15, 0.2) is 12.4 Å². The minimum atomic E-state index is -3.35. The Morgan fingerprint density at radius 1 is 1.15 bits per heavy atom. The number of benzene rings is 2. The van der Waals surface area contributed by atoms with Crippen LogP contribution in [-0.2, 0) is 32.4 Å². The molecule has 0 amide bonds. The van der Waals surface area contributed by atoms with E-state index in [-0.39, 0.29) is 12.2 Å². The number of hydrogen-bond acceptors (Lipinski definition) is 5. The van der Waals surface area contributed by atoms with Gasteiger partial charge in [-0.2, -0.15) is 0 Å². The number of ketones is 1. The molecule has 3 rings (SSSR count). The number of ether oxygens (including phenoxy) is 1. The highest BCUT2D eigenvalue weighted by atomic mass is 32.2. The van der Waals surface area contributed by atoms with E-state index in [9.17, 15) is 22.4 Å². The molecular weight excluding hydrogens is 373 g/mol. The average Bonchev–Trinajstić information content (AvgIpc) is 3.05. The van der Waals surface area contributed by atoms with Gasteiger partial charge in [-0.25, -0.2) is 12.8 Å². The molecule has 0 bridgehead atoms. The summed E-state index contributed by atoms with van der Waals surface area (Å²) in [4.78, 5) is 24.1. The van der Waals surface area contributed by atoms with Gasteiger partial charge in [0, 0.05) is 12.1 Å². The van der Waals surface area contributed by atoms with E-state index in [2.05, 4.69) is 0 Å². The first kappa shape index (κ1) is 19.0. The van der Waals surface area contributed by atoms with Crippen molar-refractivity contribution in [3.63, 3.8) is 0 Å². The minimum absolute atomic E-state index is 0.0545. The van der Waals surface area contributed by atoms with Gasteiger partial charge in [-0.1, -0.05) is 12.1 Å². The number of Topliss-reactive ketones (excluding diaryl/α,β-unsaturated/α-hetero) is 1. The number of hydrogen-bond donors (Lipinski definition) is 0. The average molecular weight is 391 g/mol. The van der Waals surface area contributed by atoms with Crippen LogP contribution in [0.3, 0.4) is 0 Å². The Labute approximate surface area is 156 Å². The first-order chi connectivity index (χ1) is 12.7. The number of carbonyl (C=O) groups is 2. The monoisotopic (exact) mass is 391 g/mol. The van der Waals surface area contributed by atoms with Crippen LogP contribution in [-0.4, -0.2) is 39.6 Å². The predicted octanol–water partition coefficient (Wildman–Crippen LogP) is 2.12. The van der Waals surface area contributed by atoms with Gasteiger partial charge < -0.3 is 4.74 Å². The lowest BCUT2D eigenvalue weighted by Crippen LogP contribution is -2.27. The largest absolute Gasteiger partial charge is 0.457 e. The summed E-state index contributed by atoms with van der Waals surface area (Å²) in [7, 11) is -3.35. The summed E-state index contributed by atoms with van der Waals surface area (Å²) in [6.45, 7) is -0.0624. The molecule has 142 valence electrons. The molecule has 6 nitrogen and oxygen atoms in total. The lowest BCUT2D eigenvalue weighted by molar-refractivity contribution is -0.141. The Bertz CT molecular complexity index is 986. The summed E-state index contributed by atoms with van der Waals surface area (Å²) in [5.41, 5.74) is 2.29. The number of rotatable bonds is 6. The highest BCUT2D eigenvalue weighted by molar-refractivity contribution is 7.92. The Morgan fingerprint density at radius 2 is 1.85 bits per heavy atom. The summed E-state index contributed by atoms with van der Waals surface area (Å²) in [5, 5.41) is 0. The molecule has 0 unspecified atom stereocenters. The number of halogens is 1. The highest BCUT2D eigenvalue weighted by Crippen LogP contribution is 2.30. The van der Waals surface area contributed by atoms with Crippen molar-refractivity contribution in [2.75, 3.05) is 23.7 Å². The van der Waals surface area contributed by atoms with Crippen LogP contribution in [0.4, 0.5) is 10.1 Å². The van der Waals surface area contributed by atoms with E-state index in [1.807, 2.05) is 0 Å². The van der Waals surface area contributed by atoms with E-state index in [1.165, 1.54) is 34.6 Å². The fourth-order valence-corrected chi connectivity index (χ4v) is 3.90. The van der Waals surface area contributed by atoms with Gasteiger partial charge >= 0.3 is 5.97 Å². The standard InChI is InChI=1S/C19H18FNO5S/c1-27(24,25)21-9-8-14-11-15(4-7-17(14)21)18(22)12-26-19(23)10-13-2-5-16(20)6-3-13/h2-7,11H,8-10,12H2,1H3. The molecule has 2 aromatic rings. The molecule has 27 heavy (non-hydrogen) atoms. The Kier molecular flexibility index (Phi) is 5.27. The molecule has 1 heterocycles. The van der Waals surface area contributed by atoms with Gasteiger partial charge in [0.05, 0.1) is 18.4 Å². The van der Waals surface area contributed by atoms with Crippen molar-refractivity contribution in [1.29, 1.82) is 0 Å². The number of anilines is 1. The predicted molar refractivity (Wildman–Crippen MR) is 97.7 cm³/mol. The molecule has 0 fully saturated rings. The molecule has 0 saturated heterocycles. The quantitative estimate of drug-likeness (QED) is 0.557. The first-order valence-electron chi connectivity index (χ1n) is 8.28. The summed E-state index contributed by atoms with van der Waals surface area (Å²) < 4.78 is 42.6. The van der Waals surface area contributed by atoms with Crippen LogP contribution < -0.4 is 4.31 Å². The van der Waals surface area contributed by atoms with Gasteiger partial charge in [-0.05, 0) is 47.9 Å². The van der Waals surface area contributed by atoms with Gasteiger partial charge in [0.1, 0.15) is 5.82 Å². The third-order valence-corrected chi connectivity index (χ3v) is 5.46. The molecule has 0 spiro atoms. The first-order valence-corrected chi connectivity index (χ1v) is 10.1. The third kappa shape index (κ3) is 4.51. The molecule has 0 saturated carbocycles.